The zero-order valence-electron chi connectivity index (χ0n) is 22.4. The molecule has 3 aromatic carbocycles. The summed E-state index contributed by atoms with van der Waals surface area (Å²) < 4.78 is 44.4. The minimum absolute atomic E-state index is 0.0314. The Kier molecular flexibility index (Phi) is 6.89. The molecule has 1 saturated heterocycles. The molecule has 1 aliphatic rings. The Balaban J connectivity index is 1.27. The van der Waals surface area contributed by atoms with Crippen LogP contribution < -0.4 is 0 Å². The number of hydrogen-bond acceptors (Lipinski definition) is 5. The summed E-state index contributed by atoms with van der Waals surface area (Å²) in [6.45, 7) is 8.17. The van der Waals surface area contributed by atoms with Crippen LogP contribution in [0.1, 0.15) is 27.8 Å². The van der Waals surface area contributed by atoms with Crippen LogP contribution >= 0.6 is 0 Å². The van der Waals surface area contributed by atoms with Gasteiger partial charge in [0.05, 0.1) is 11.3 Å². The molecule has 1 N–H and O–H groups in total. The Labute approximate surface area is 230 Å². The molecule has 1 aliphatic heterocycles. The molecule has 6 rings (SSSR count). The fourth-order valence-corrected chi connectivity index (χ4v) is 5.72. The van der Waals surface area contributed by atoms with Gasteiger partial charge in [0, 0.05) is 61.9 Å². The fourth-order valence-electron chi connectivity index (χ4n) is 5.72. The van der Waals surface area contributed by atoms with Crippen molar-refractivity contribution >= 4 is 10.9 Å². The molecule has 0 bridgehead atoms. The first-order valence-corrected chi connectivity index (χ1v) is 13.3. The number of halogens is 3. The van der Waals surface area contributed by atoms with Gasteiger partial charge < -0.3 is 4.98 Å². The number of aromatic amines is 1. The molecule has 40 heavy (non-hydrogen) atoms. The van der Waals surface area contributed by atoms with E-state index in [1.54, 1.807) is 6.07 Å². The molecule has 0 atom stereocenters. The minimum Gasteiger partial charge on any atom is -0.361 e. The van der Waals surface area contributed by atoms with Crippen LogP contribution in [-0.4, -0.2) is 61.2 Å². The van der Waals surface area contributed by atoms with Gasteiger partial charge in [-0.05, 0) is 58.7 Å². The number of alkyl halides is 3. The molecule has 0 amide bonds. The van der Waals surface area contributed by atoms with Crippen molar-refractivity contribution in [2.75, 3.05) is 26.2 Å². The molecule has 2 aromatic heterocycles. The maximum atomic E-state index is 14.3. The van der Waals surface area contributed by atoms with E-state index in [2.05, 4.69) is 48.6 Å². The Morgan fingerprint density at radius 1 is 0.800 bits per heavy atom. The second kappa shape index (κ2) is 10.5. The highest BCUT2D eigenvalue weighted by Gasteiger charge is 2.37. The van der Waals surface area contributed by atoms with Crippen LogP contribution in [0.2, 0.25) is 0 Å². The van der Waals surface area contributed by atoms with Gasteiger partial charge in [-0.1, -0.05) is 48.5 Å². The number of nitrogens with one attached hydrogen (secondary N) is 1. The van der Waals surface area contributed by atoms with Gasteiger partial charge in [-0.25, -0.2) is 0 Å². The number of para-hydroxylation sites is 2. The summed E-state index contributed by atoms with van der Waals surface area (Å²) in [5.41, 5.74) is 4.68. The summed E-state index contributed by atoms with van der Waals surface area (Å²) in [5.74, 6) is 0.0956. The molecule has 7 nitrogen and oxygen atoms in total. The van der Waals surface area contributed by atoms with Gasteiger partial charge in [-0.3, -0.25) is 9.80 Å². The largest absolute Gasteiger partial charge is 0.417 e. The van der Waals surface area contributed by atoms with Crippen LogP contribution in [0.4, 0.5) is 13.2 Å². The number of benzene rings is 3. The molecular formula is C30H30F3N7. The van der Waals surface area contributed by atoms with Gasteiger partial charge in [0.2, 0.25) is 0 Å². The number of tetrazole rings is 1. The molecule has 206 valence electrons. The van der Waals surface area contributed by atoms with E-state index in [9.17, 15) is 13.2 Å². The Morgan fingerprint density at radius 3 is 2.15 bits per heavy atom. The van der Waals surface area contributed by atoms with Crippen LogP contribution in [-0.2, 0) is 19.3 Å². The van der Waals surface area contributed by atoms with E-state index >= 15 is 0 Å². The number of aryl methyl sites for hydroxylation is 2. The number of aromatic nitrogens is 5. The molecule has 0 saturated carbocycles. The number of nitrogens with zero attached hydrogens (tertiary/aromatic N) is 6. The van der Waals surface area contributed by atoms with Crippen molar-refractivity contribution in [2.24, 2.45) is 0 Å². The third-order valence-electron chi connectivity index (χ3n) is 7.73. The van der Waals surface area contributed by atoms with Crippen molar-refractivity contribution in [3.63, 3.8) is 0 Å². The van der Waals surface area contributed by atoms with Gasteiger partial charge in [-0.15, -0.1) is 5.10 Å². The summed E-state index contributed by atoms with van der Waals surface area (Å²) >= 11 is 0. The number of hydrogen-bond donors (Lipinski definition) is 1. The van der Waals surface area contributed by atoms with Crippen molar-refractivity contribution in [3.8, 4) is 17.1 Å². The smallest absolute Gasteiger partial charge is 0.361 e. The summed E-state index contributed by atoms with van der Waals surface area (Å²) in [4.78, 5) is 7.93. The highest BCUT2D eigenvalue weighted by atomic mass is 19.4. The molecule has 0 radical (unpaired) electrons. The molecular weight excluding hydrogens is 515 g/mol. The predicted molar refractivity (Wildman–Crippen MR) is 148 cm³/mol. The molecule has 1 fully saturated rings. The Bertz CT molecular complexity index is 1620. The highest BCUT2D eigenvalue weighted by Crippen LogP contribution is 2.39. The van der Waals surface area contributed by atoms with Crippen LogP contribution in [0.5, 0.6) is 0 Å². The zero-order valence-corrected chi connectivity index (χ0v) is 22.4. The first kappa shape index (κ1) is 26.2. The van der Waals surface area contributed by atoms with E-state index in [4.69, 9.17) is 0 Å². The monoisotopic (exact) mass is 545 g/mol. The average Bonchev–Trinajstić information content (AvgIpc) is 3.57. The zero-order chi connectivity index (χ0) is 27.9. The number of fused-ring (bicyclic) bond motifs is 1. The fraction of sp³-hybridized carbons (Fsp3) is 0.300. The summed E-state index contributed by atoms with van der Waals surface area (Å²) in [7, 11) is 0. The quantitative estimate of drug-likeness (QED) is 0.294. The highest BCUT2D eigenvalue weighted by molar-refractivity contribution is 5.83. The maximum Gasteiger partial charge on any atom is 0.417 e. The van der Waals surface area contributed by atoms with Crippen molar-refractivity contribution in [1.82, 2.24) is 35.0 Å². The minimum atomic E-state index is -4.55. The lowest BCUT2D eigenvalue weighted by molar-refractivity contribution is -0.137. The third-order valence-corrected chi connectivity index (χ3v) is 7.73. The normalized spacial score (nSPS) is 15.2. The van der Waals surface area contributed by atoms with Crippen LogP contribution in [0.3, 0.4) is 0 Å². The van der Waals surface area contributed by atoms with Crippen molar-refractivity contribution < 1.29 is 13.2 Å². The van der Waals surface area contributed by atoms with Crippen LogP contribution in [0.15, 0.2) is 66.9 Å². The molecule has 3 heterocycles. The first-order chi connectivity index (χ1) is 19.3. The van der Waals surface area contributed by atoms with E-state index in [0.29, 0.717) is 17.8 Å². The average molecular weight is 546 g/mol. The second-order valence-electron chi connectivity index (χ2n) is 10.4. The van der Waals surface area contributed by atoms with E-state index in [1.165, 1.54) is 21.7 Å². The lowest BCUT2D eigenvalue weighted by Gasteiger charge is -2.35. The van der Waals surface area contributed by atoms with Crippen molar-refractivity contribution in [1.29, 1.82) is 0 Å². The summed E-state index contributed by atoms with van der Waals surface area (Å²) in [6.07, 6.45) is -2.49. The first-order valence-electron chi connectivity index (χ1n) is 13.3. The van der Waals surface area contributed by atoms with E-state index < -0.39 is 11.7 Å². The molecule has 0 unspecified atom stereocenters. The second-order valence-corrected chi connectivity index (χ2v) is 10.4. The maximum absolute atomic E-state index is 14.3. The molecule has 10 heteroatoms. The Hall–Kier alpha value is -4.02. The SMILES string of the molecule is Cc1cccc(C)c1-n1nnnc1-c1c(CN2CCN(Cc3c[nH]c4ccccc34)CC2)cccc1C(F)(F)F. The lowest BCUT2D eigenvalue weighted by Crippen LogP contribution is -2.45. The van der Waals surface area contributed by atoms with Gasteiger partial charge in [0.1, 0.15) is 0 Å². The van der Waals surface area contributed by atoms with E-state index in [1.807, 2.05) is 44.2 Å². The van der Waals surface area contributed by atoms with E-state index in [0.717, 1.165) is 55.4 Å². The number of H-pyrrole nitrogens is 1. The number of piperazine rings is 1. The standard InChI is InChI=1S/C30H30F3N7/c1-20-7-5-8-21(2)28(20)40-29(35-36-37-40)27-22(9-6-11-25(27)30(31,32)33)18-38-13-15-39(16-14-38)19-23-17-34-26-12-4-3-10-24(23)26/h3-12,17,34H,13-16,18-19H2,1-2H3. The molecule has 0 spiro atoms. The summed E-state index contributed by atoms with van der Waals surface area (Å²) in [6, 6.07) is 18.3. The van der Waals surface area contributed by atoms with E-state index in [-0.39, 0.29) is 11.4 Å². The van der Waals surface area contributed by atoms with Crippen LogP contribution in [0, 0.1) is 13.8 Å². The lowest BCUT2D eigenvalue weighted by atomic mass is 9.98. The molecule has 5 aromatic rings. The third kappa shape index (κ3) is 5.00. The predicted octanol–water partition coefficient (Wildman–Crippen LogP) is 5.76. The van der Waals surface area contributed by atoms with Gasteiger partial charge in [0.15, 0.2) is 5.82 Å². The Morgan fingerprint density at radius 2 is 1.45 bits per heavy atom. The van der Waals surface area contributed by atoms with Crippen molar-refractivity contribution in [2.45, 2.75) is 33.1 Å². The number of rotatable bonds is 6. The van der Waals surface area contributed by atoms with Gasteiger partial charge in [-0.2, -0.15) is 17.9 Å². The van der Waals surface area contributed by atoms with Crippen molar-refractivity contribution in [3.05, 3.63) is 94.7 Å². The summed E-state index contributed by atoms with van der Waals surface area (Å²) in [5, 5.41) is 13.3. The van der Waals surface area contributed by atoms with Gasteiger partial charge >= 0.3 is 6.18 Å². The topological polar surface area (TPSA) is 65.9 Å². The van der Waals surface area contributed by atoms with Crippen LogP contribution in [0.25, 0.3) is 28.0 Å². The van der Waals surface area contributed by atoms with Gasteiger partial charge in [0.25, 0.3) is 0 Å². The molecule has 0 aliphatic carbocycles.